The van der Waals surface area contributed by atoms with Crippen molar-refractivity contribution in [1.29, 1.82) is 0 Å². The van der Waals surface area contributed by atoms with Crippen molar-refractivity contribution in [2.24, 2.45) is 0 Å². The van der Waals surface area contributed by atoms with E-state index >= 15 is 0 Å². The fraction of sp³-hybridized carbons (Fsp3) is 0.609. The molecule has 1 saturated heterocycles. The van der Waals surface area contributed by atoms with Crippen LogP contribution in [0.2, 0.25) is 0 Å². The van der Waals surface area contributed by atoms with Gasteiger partial charge in [0, 0.05) is 49.8 Å². The van der Waals surface area contributed by atoms with Crippen molar-refractivity contribution in [2.75, 3.05) is 26.2 Å². The van der Waals surface area contributed by atoms with Crippen LogP contribution in [-0.4, -0.2) is 58.3 Å². The lowest BCUT2D eigenvalue weighted by Crippen LogP contribution is -2.53. The number of carbonyl (C=O) groups excluding carboxylic acids is 1. The Morgan fingerprint density at radius 2 is 1.66 bits per heavy atom. The topological polar surface area (TPSA) is 37.7 Å². The van der Waals surface area contributed by atoms with Crippen LogP contribution in [-0.2, 0) is 4.74 Å². The maximum atomic E-state index is 14.0. The van der Waals surface area contributed by atoms with E-state index < -0.39 is 5.60 Å². The second-order valence-corrected chi connectivity index (χ2v) is 9.36. The zero-order valence-corrected chi connectivity index (χ0v) is 17.7. The molecule has 1 aromatic heterocycles. The number of rotatable bonds is 2. The summed E-state index contributed by atoms with van der Waals surface area (Å²) >= 11 is 0. The molecule has 0 unspecified atom stereocenters. The number of benzene rings is 1. The Morgan fingerprint density at radius 1 is 1.00 bits per heavy atom. The lowest BCUT2D eigenvalue weighted by Gasteiger charge is -2.42. The number of carbonyl (C=O) groups is 1. The minimum atomic E-state index is -0.446. The number of amides is 1. The number of aromatic nitrogens is 1. The molecule has 2 aliphatic rings. The maximum Gasteiger partial charge on any atom is 0.410 e. The molecule has 1 aliphatic heterocycles. The van der Waals surface area contributed by atoms with Gasteiger partial charge in [-0.15, -0.1) is 0 Å². The van der Waals surface area contributed by atoms with E-state index in [1.807, 2.05) is 44.0 Å². The molecule has 6 heteroatoms. The molecule has 0 radical (unpaired) electrons. The van der Waals surface area contributed by atoms with Crippen LogP contribution in [0, 0.1) is 5.82 Å². The van der Waals surface area contributed by atoms with Crippen LogP contribution in [0.3, 0.4) is 0 Å². The van der Waals surface area contributed by atoms with Crippen molar-refractivity contribution >= 4 is 17.0 Å². The minimum absolute atomic E-state index is 0.141. The molecule has 1 aliphatic carbocycles. The average molecular weight is 402 g/mol. The molecule has 0 spiro atoms. The Hall–Kier alpha value is -2.08. The van der Waals surface area contributed by atoms with E-state index in [9.17, 15) is 9.18 Å². The SMILES string of the molecule is CC(C)(C)OC(=O)N1CCN(C2CCC(n3ccc4c(F)cccc43)CC2)CC1. The molecule has 0 N–H and O–H groups in total. The highest BCUT2D eigenvalue weighted by Gasteiger charge is 2.31. The van der Waals surface area contributed by atoms with Crippen LogP contribution in [0.5, 0.6) is 0 Å². The largest absolute Gasteiger partial charge is 0.444 e. The smallest absolute Gasteiger partial charge is 0.410 e. The Bertz CT molecular complexity index is 857. The van der Waals surface area contributed by atoms with E-state index in [1.165, 1.54) is 6.07 Å². The Morgan fingerprint density at radius 3 is 2.31 bits per heavy atom. The van der Waals surface area contributed by atoms with Gasteiger partial charge >= 0.3 is 6.09 Å². The second-order valence-electron chi connectivity index (χ2n) is 9.36. The Kier molecular flexibility index (Phi) is 5.56. The molecule has 0 atom stereocenters. The first kappa shape index (κ1) is 20.2. The van der Waals surface area contributed by atoms with Gasteiger partial charge in [0.05, 0.1) is 5.52 Å². The van der Waals surface area contributed by atoms with E-state index in [-0.39, 0.29) is 11.9 Å². The van der Waals surface area contributed by atoms with Crippen molar-refractivity contribution in [3.8, 4) is 0 Å². The third-order valence-corrected chi connectivity index (χ3v) is 6.25. The molecule has 0 bridgehead atoms. The summed E-state index contributed by atoms with van der Waals surface area (Å²) in [6.45, 7) is 9.00. The summed E-state index contributed by atoms with van der Waals surface area (Å²) in [5.74, 6) is -0.141. The van der Waals surface area contributed by atoms with Crippen LogP contribution >= 0.6 is 0 Å². The number of hydrogen-bond donors (Lipinski definition) is 0. The third kappa shape index (κ3) is 4.42. The van der Waals surface area contributed by atoms with Crippen molar-refractivity contribution in [3.05, 3.63) is 36.3 Å². The van der Waals surface area contributed by atoms with Crippen LogP contribution in [0.4, 0.5) is 9.18 Å². The van der Waals surface area contributed by atoms with Gasteiger partial charge in [-0.2, -0.15) is 0 Å². The van der Waals surface area contributed by atoms with Crippen molar-refractivity contribution in [2.45, 2.75) is 64.1 Å². The van der Waals surface area contributed by atoms with Gasteiger partial charge in [-0.1, -0.05) is 6.07 Å². The monoisotopic (exact) mass is 401 g/mol. The fourth-order valence-corrected chi connectivity index (χ4v) is 4.77. The van der Waals surface area contributed by atoms with Gasteiger partial charge < -0.3 is 14.2 Å². The molecule has 29 heavy (non-hydrogen) atoms. The molecule has 1 saturated carbocycles. The normalized spacial score (nSPS) is 24.1. The predicted octanol–water partition coefficient (Wildman–Crippen LogP) is 4.82. The molecule has 2 fully saturated rings. The van der Waals surface area contributed by atoms with E-state index in [1.54, 1.807) is 6.07 Å². The number of hydrogen-bond acceptors (Lipinski definition) is 3. The highest BCUT2D eigenvalue weighted by molar-refractivity contribution is 5.80. The lowest BCUT2D eigenvalue weighted by molar-refractivity contribution is 0.00739. The third-order valence-electron chi connectivity index (χ3n) is 6.25. The maximum absolute atomic E-state index is 14.0. The summed E-state index contributed by atoms with van der Waals surface area (Å²) in [7, 11) is 0. The van der Waals surface area contributed by atoms with Gasteiger partial charge in [-0.3, -0.25) is 4.90 Å². The molecular formula is C23H32FN3O2. The minimum Gasteiger partial charge on any atom is -0.444 e. The fourth-order valence-electron chi connectivity index (χ4n) is 4.77. The number of halogens is 1. The van der Waals surface area contributed by atoms with E-state index in [0.717, 1.165) is 57.4 Å². The van der Waals surface area contributed by atoms with Gasteiger partial charge in [0.25, 0.3) is 0 Å². The molecule has 2 aromatic rings. The Labute approximate surface area is 172 Å². The van der Waals surface area contributed by atoms with Crippen LogP contribution in [0.1, 0.15) is 52.5 Å². The summed E-state index contributed by atoms with van der Waals surface area (Å²) in [5, 5.41) is 0.716. The first-order valence-corrected chi connectivity index (χ1v) is 10.8. The first-order chi connectivity index (χ1) is 13.8. The van der Waals surface area contributed by atoms with Gasteiger partial charge in [0.1, 0.15) is 11.4 Å². The average Bonchev–Trinajstić information content (AvgIpc) is 3.12. The summed E-state index contributed by atoms with van der Waals surface area (Å²) < 4.78 is 21.7. The van der Waals surface area contributed by atoms with Gasteiger partial charge in [-0.25, -0.2) is 9.18 Å². The highest BCUT2D eigenvalue weighted by atomic mass is 19.1. The van der Waals surface area contributed by atoms with E-state index in [4.69, 9.17) is 4.74 Å². The number of piperazine rings is 1. The zero-order chi connectivity index (χ0) is 20.6. The number of nitrogens with zero attached hydrogens (tertiary/aromatic N) is 3. The van der Waals surface area contributed by atoms with Crippen LogP contribution in [0.15, 0.2) is 30.5 Å². The molecule has 2 heterocycles. The number of ether oxygens (including phenoxy) is 1. The molecule has 1 aromatic carbocycles. The summed E-state index contributed by atoms with van der Waals surface area (Å²) in [5.41, 5.74) is 0.553. The highest BCUT2D eigenvalue weighted by Crippen LogP contribution is 2.34. The van der Waals surface area contributed by atoms with Crippen molar-refractivity contribution < 1.29 is 13.9 Å². The van der Waals surface area contributed by atoms with Gasteiger partial charge in [-0.05, 0) is 64.7 Å². The summed E-state index contributed by atoms with van der Waals surface area (Å²) in [6, 6.07) is 8.25. The van der Waals surface area contributed by atoms with Crippen molar-refractivity contribution in [1.82, 2.24) is 14.4 Å². The van der Waals surface area contributed by atoms with E-state index in [2.05, 4.69) is 9.47 Å². The standard InChI is InChI=1S/C23H32FN3O2/c1-23(2,3)29-22(28)26-15-13-25(14-16-26)17-7-9-18(10-8-17)27-12-11-19-20(24)5-4-6-21(19)27/h4-6,11-12,17-18H,7-10,13-16H2,1-3H3. The quantitative estimate of drug-likeness (QED) is 0.724. The zero-order valence-electron chi connectivity index (χ0n) is 17.7. The molecule has 1 amide bonds. The summed E-state index contributed by atoms with van der Waals surface area (Å²) in [4.78, 5) is 16.6. The molecular weight excluding hydrogens is 369 g/mol. The number of fused-ring (bicyclic) bond motifs is 1. The Balaban J connectivity index is 1.30. The van der Waals surface area contributed by atoms with Crippen LogP contribution in [0.25, 0.3) is 10.9 Å². The van der Waals surface area contributed by atoms with Crippen molar-refractivity contribution in [3.63, 3.8) is 0 Å². The molecule has 5 nitrogen and oxygen atoms in total. The predicted molar refractivity (Wildman–Crippen MR) is 113 cm³/mol. The molecule has 158 valence electrons. The van der Waals surface area contributed by atoms with Gasteiger partial charge in [0.15, 0.2) is 0 Å². The summed E-state index contributed by atoms with van der Waals surface area (Å²) in [6.07, 6.45) is 6.35. The van der Waals surface area contributed by atoms with E-state index in [0.29, 0.717) is 17.5 Å². The van der Waals surface area contributed by atoms with Crippen LogP contribution < -0.4 is 0 Å². The molecule has 4 rings (SSSR count). The van der Waals surface area contributed by atoms with Gasteiger partial charge in [0.2, 0.25) is 0 Å². The lowest BCUT2D eigenvalue weighted by atomic mass is 9.89. The second kappa shape index (κ2) is 7.98. The first-order valence-electron chi connectivity index (χ1n) is 10.8.